The third kappa shape index (κ3) is 4.52. The van der Waals surface area contributed by atoms with E-state index in [9.17, 15) is 0 Å². The van der Waals surface area contributed by atoms with Gasteiger partial charge in [-0.25, -0.2) is 0 Å². The van der Waals surface area contributed by atoms with E-state index in [1.165, 1.54) is 44.9 Å². The Hall–Kier alpha value is -0.0800. The fraction of sp³-hybridized carbons (Fsp3) is 1.00. The highest BCUT2D eigenvalue weighted by atomic mass is 15.1. The van der Waals surface area contributed by atoms with Crippen LogP contribution in [0.4, 0.5) is 0 Å². The summed E-state index contributed by atoms with van der Waals surface area (Å²) in [5, 5.41) is 3.25. The van der Waals surface area contributed by atoms with Crippen molar-refractivity contribution in [2.75, 3.05) is 27.7 Å². The Labute approximate surface area is 95.4 Å². The molecule has 1 aliphatic carbocycles. The van der Waals surface area contributed by atoms with Gasteiger partial charge in [0.15, 0.2) is 0 Å². The molecule has 0 aliphatic heterocycles. The van der Waals surface area contributed by atoms with Gasteiger partial charge in [0.05, 0.1) is 0 Å². The van der Waals surface area contributed by atoms with Crippen LogP contribution in [-0.4, -0.2) is 38.6 Å². The van der Waals surface area contributed by atoms with Crippen molar-refractivity contribution in [3.8, 4) is 0 Å². The Morgan fingerprint density at radius 3 is 2.40 bits per heavy atom. The second-order valence-corrected chi connectivity index (χ2v) is 5.17. The van der Waals surface area contributed by atoms with Crippen molar-refractivity contribution in [2.24, 2.45) is 5.92 Å². The zero-order valence-corrected chi connectivity index (χ0v) is 10.8. The molecule has 1 saturated carbocycles. The summed E-state index contributed by atoms with van der Waals surface area (Å²) in [7, 11) is 6.54. The lowest BCUT2D eigenvalue weighted by Crippen LogP contribution is -2.36. The van der Waals surface area contributed by atoms with Crippen molar-refractivity contribution in [2.45, 2.75) is 51.0 Å². The first-order valence-corrected chi connectivity index (χ1v) is 6.56. The van der Waals surface area contributed by atoms with Crippen LogP contribution in [0.3, 0.4) is 0 Å². The summed E-state index contributed by atoms with van der Waals surface area (Å²) in [5.41, 5.74) is 0. The molecule has 0 bridgehead atoms. The number of hydrogen-bond donors (Lipinski definition) is 1. The van der Waals surface area contributed by atoms with Gasteiger partial charge in [-0.15, -0.1) is 0 Å². The quantitative estimate of drug-likeness (QED) is 0.681. The number of hydrogen-bond acceptors (Lipinski definition) is 2. The largest absolute Gasteiger partial charge is 0.320 e. The summed E-state index contributed by atoms with van der Waals surface area (Å²) < 4.78 is 0. The maximum Gasteiger partial charge on any atom is 0.0118 e. The molecule has 0 aromatic rings. The molecular weight excluding hydrogens is 184 g/mol. The van der Waals surface area contributed by atoms with Crippen molar-refractivity contribution in [3.63, 3.8) is 0 Å². The predicted molar refractivity (Wildman–Crippen MR) is 67.2 cm³/mol. The van der Waals surface area contributed by atoms with Crippen LogP contribution in [0.5, 0.6) is 0 Å². The van der Waals surface area contributed by atoms with Crippen LogP contribution in [0, 0.1) is 5.92 Å². The average molecular weight is 212 g/mol. The molecule has 0 spiro atoms. The molecule has 1 N–H and O–H groups in total. The van der Waals surface area contributed by atoms with Gasteiger partial charge in [-0.3, -0.25) is 0 Å². The van der Waals surface area contributed by atoms with Gasteiger partial charge in [-0.1, -0.05) is 19.3 Å². The summed E-state index contributed by atoms with van der Waals surface area (Å²) in [6.07, 6.45) is 9.98. The van der Waals surface area contributed by atoms with Gasteiger partial charge in [0.2, 0.25) is 0 Å². The second kappa shape index (κ2) is 7.24. The molecular formula is C13H28N2. The standard InChI is InChI=1S/C13H28N2/c1-14-11-7-10-13(15(2)3)12-8-5-4-6-9-12/h12-14H,4-11H2,1-3H3. The van der Waals surface area contributed by atoms with Crippen LogP contribution in [-0.2, 0) is 0 Å². The third-order valence-electron chi connectivity index (χ3n) is 3.78. The molecule has 0 saturated heterocycles. The van der Waals surface area contributed by atoms with E-state index in [1.54, 1.807) is 0 Å². The van der Waals surface area contributed by atoms with Crippen LogP contribution in [0.25, 0.3) is 0 Å². The lowest BCUT2D eigenvalue weighted by Gasteiger charge is -2.35. The number of nitrogens with one attached hydrogen (secondary N) is 1. The zero-order chi connectivity index (χ0) is 11.1. The Morgan fingerprint density at radius 1 is 1.20 bits per heavy atom. The molecule has 1 rings (SSSR count). The van der Waals surface area contributed by atoms with Crippen molar-refractivity contribution in [1.82, 2.24) is 10.2 Å². The summed E-state index contributed by atoms with van der Waals surface area (Å²) in [6.45, 7) is 1.16. The summed E-state index contributed by atoms with van der Waals surface area (Å²) in [6, 6.07) is 0.818. The molecule has 1 atom stereocenters. The van der Waals surface area contributed by atoms with E-state index >= 15 is 0 Å². The van der Waals surface area contributed by atoms with Gasteiger partial charge in [0.1, 0.15) is 0 Å². The van der Waals surface area contributed by atoms with Gasteiger partial charge in [-0.05, 0) is 59.3 Å². The molecule has 0 aromatic heterocycles. The van der Waals surface area contributed by atoms with Gasteiger partial charge in [0.25, 0.3) is 0 Å². The molecule has 0 radical (unpaired) electrons. The van der Waals surface area contributed by atoms with Crippen LogP contribution >= 0.6 is 0 Å². The van der Waals surface area contributed by atoms with E-state index in [0.717, 1.165) is 18.5 Å². The smallest absolute Gasteiger partial charge is 0.0118 e. The van der Waals surface area contributed by atoms with Crippen LogP contribution in [0.1, 0.15) is 44.9 Å². The van der Waals surface area contributed by atoms with Gasteiger partial charge < -0.3 is 10.2 Å². The van der Waals surface area contributed by atoms with E-state index in [-0.39, 0.29) is 0 Å². The fourth-order valence-electron chi connectivity index (χ4n) is 2.92. The van der Waals surface area contributed by atoms with Gasteiger partial charge in [-0.2, -0.15) is 0 Å². The van der Waals surface area contributed by atoms with Crippen molar-refractivity contribution >= 4 is 0 Å². The summed E-state index contributed by atoms with van der Waals surface area (Å²) >= 11 is 0. The topological polar surface area (TPSA) is 15.3 Å². The molecule has 0 heterocycles. The molecule has 90 valence electrons. The first-order chi connectivity index (χ1) is 7.25. The first-order valence-electron chi connectivity index (χ1n) is 6.56. The molecule has 1 aliphatic rings. The number of nitrogens with zero attached hydrogens (tertiary/aromatic N) is 1. The van der Waals surface area contributed by atoms with Crippen molar-refractivity contribution in [3.05, 3.63) is 0 Å². The normalized spacial score (nSPS) is 20.8. The maximum absolute atomic E-state index is 3.25. The second-order valence-electron chi connectivity index (χ2n) is 5.17. The average Bonchev–Trinajstić information content (AvgIpc) is 2.25. The van der Waals surface area contributed by atoms with Crippen LogP contribution in [0.2, 0.25) is 0 Å². The minimum absolute atomic E-state index is 0.818. The Bertz CT molecular complexity index is 151. The lowest BCUT2D eigenvalue weighted by molar-refractivity contribution is 0.158. The van der Waals surface area contributed by atoms with E-state index in [1.807, 2.05) is 7.05 Å². The minimum atomic E-state index is 0.818. The van der Waals surface area contributed by atoms with E-state index in [0.29, 0.717) is 0 Å². The predicted octanol–water partition coefficient (Wildman–Crippen LogP) is 2.50. The molecule has 1 fully saturated rings. The van der Waals surface area contributed by atoms with E-state index < -0.39 is 0 Å². The summed E-state index contributed by atoms with van der Waals surface area (Å²) in [5.74, 6) is 0.964. The zero-order valence-electron chi connectivity index (χ0n) is 10.8. The fourth-order valence-corrected chi connectivity index (χ4v) is 2.92. The Balaban J connectivity index is 2.34. The third-order valence-corrected chi connectivity index (χ3v) is 3.78. The molecule has 15 heavy (non-hydrogen) atoms. The van der Waals surface area contributed by atoms with Gasteiger partial charge in [0, 0.05) is 6.04 Å². The van der Waals surface area contributed by atoms with Crippen LogP contribution < -0.4 is 5.32 Å². The molecule has 2 nitrogen and oxygen atoms in total. The summed E-state index contributed by atoms with van der Waals surface area (Å²) in [4.78, 5) is 2.45. The molecule has 1 unspecified atom stereocenters. The molecule has 2 heteroatoms. The monoisotopic (exact) mass is 212 g/mol. The van der Waals surface area contributed by atoms with E-state index in [2.05, 4.69) is 24.3 Å². The van der Waals surface area contributed by atoms with Crippen molar-refractivity contribution in [1.29, 1.82) is 0 Å². The Morgan fingerprint density at radius 2 is 1.87 bits per heavy atom. The minimum Gasteiger partial charge on any atom is -0.320 e. The lowest BCUT2D eigenvalue weighted by atomic mass is 9.82. The SMILES string of the molecule is CNCCCC(C1CCCCC1)N(C)C. The highest BCUT2D eigenvalue weighted by molar-refractivity contribution is 4.79. The first kappa shape index (κ1) is 13.0. The Kier molecular flexibility index (Phi) is 6.26. The van der Waals surface area contributed by atoms with E-state index in [4.69, 9.17) is 0 Å². The van der Waals surface area contributed by atoms with Gasteiger partial charge >= 0.3 is 0 Å². The highest BCUT2D eigenvalue weighted by Crippen LogP contribution is 2.30. The molecule has 0 amide bonds. The van der Waals surface area contributed by atoms with Crippen LogP contribution in [0.15, 0.2) is 0 Å². The number of rotatable bonds is 6. The molecule has 0 aromatic carbocycles. The maximum atomic E-state index is 3.25. The highest BCUT2D eigenvalue weighted by Gasteiger charge is 2.24. The van der Waals surface area contributed by atoms with Crippen molar-refractivity contribution < 1.29 is 0 Å².